The Morgan fingerprint density at radius 2 is 2.00 bits per heavy atom. The zero-order valence-electron chi connectivity index (χ0n) is 9.62. The summed E-state index contributed by atoms with van der Waals surface area (Å²) in [5.74, 6) is 0. The molecular formula is C15H15NO. The van der Waals surface area contributed by atoms with Gasteiger partial charge in [-0.3, -0.25) is 0 Å². The Hall–Kier alpha value is -2.09. The molecule has 2 rings (SSSR count). The molecule has 1 aliphatic heterocycles. The van der Waals surface area contributed by atoms with Gasteiger partial charge in [0.25, 0.3) is 0 Å². The van der Waals surface area contributed by atoms with Gasteiger partial charge in [0.2, 0.25) is 0 Å². The van der Waals surface area contributed by atoms with Crippen molar-refractivity contribution in [3.05, 3.63) is 72.6 Å². The van der Waals surface area contributed by atoms with Crippen molar-refractivity contribution in [2.45, 2.75) is 12.5 Å². The predicted octanol–water partition coefficient (Wildman–Crippen LogP) is 2.70. The first kappa shape index (κ1) is 11.4. The second-order valence-electron chi connectivity index (χ2n) is 3.99. The van der Waals surface area contributed by atoms with Gasteiger partial charge in [0.05, 0.1) is 6.04 Å². The lowest BCUT2D eigenvalue weighted by Crippen LogP contribution is -2.33. The molecule has 2 nitrogen and oxygen atoms in total. The van der Waals surface area contributed by atoms with E-state index >= 15 is 0 Å². The van der Waals surface area contributed by atoms with Crippen LogP contribution in [0.3, 0.4) is 0 Å². The molecule has 0 spiro atoms. The van der Waals surface area contributed by atoms with Crippen LogP contribution in [0.25, 0.3) is 0 Å². The van der Waals surface area contributed by atoms with Gasteiger partial charge in [0.1, 0.15) is 6.29 Å². The summed E-state index contributed by atoms with van der Waals surface area (Å²) in [4.78, 5) is 13.1. The van der Waals surface area contributed by atoms with Crippen molar-refractivity contribution >= 4 is 6.29 Å². The van der Waals surface area contributed by atoms with E-state index in [-0.39, 0.29) is 6.04 Å². The number of carbonyl (C=O) groups is 1. The van der Waals surface area contributed by atoms with Gasteiger partial charge in [0.15, 0.2) is 0 Å². The highest BCUT2D eigenvalue weighted by atomic mass is 16.1. The van der Waals surface area contributed by atoms with Crippen LogP contribution in [0, 0.1) is 0 Å². The summed E-state index contributed by atoms with van der Waals surface area (Å²) in [5.41, 5.74) is 2.00. The first-order valence-corrected chi connectivity index (χ1v) is 5.62. The van der Waals surface area contributed by atoms with Crippen molar-refractivity contribution in [3.8, 4) is 0 Å². The van der Waals surface area contributed by atoms with Crippen molar-refractivity contribution in [1.82, 2.24) is 4.90 Å². The number of aldehydes is 1. The fourth-order valence-electron chi connectivity index (χ4n) is 1.88. The molecule has 0 aliphatic carbocycles. The molecule has 0 saturated heterocycles. The summed E-state index contributed by atoms with van der Waals surface area (Å²) < 4.78 is 0. The maximum atomic E-state index is 11.2. The van der Waals surface area contributed by atoms with Gasteiger partial charge in [0, 0.05) is 11.9 Å². The SMILES string of the molecule is C=C1C=CC=CN1C(C=O)Cc1ccccc1. The highest BCUT2D eigenvalue weighted by molar-refractivity contribution is 5.60. The van der Waals surface area contributed by atoms with E-state index in [0.29, 0.717) is 6.42 Å². The van der Waals surface area contributed by atoms with E-state index in [1.165, 1.54) is 0 Å². The van der Waals surface area contributed by atoms with E-state index in [2.05, 4.69) is 6.58 Å². The maximum Gasteiger partial charge on any atom is 0.143 e. The molecule has 0 amide bonds. The molecule has 0 fully saturated rings. The van der Waals surface area contributed by atoms with E-state index in [1.54, 1.807) is 0 Å². The van der Waals surface area contributed by atoms with Gasteiger partial charge in [-0.15, -0.1) is 0 Å². The Morgan fingerprint density at radius 3 is 2.65 bits per heavy atom. The van der Waals surface area contributed by atoms with Crippen LogP contribution < -0.4 is 0 Å². The third-order valence-electron chi connectivity index (χ3n) is 2.78. The molecular weight excluding hydrogens is 210 g/mol. The van der Waals surface area contributed by atoms with Crippen molar-refractivity contribution in [2.75, 3.05) is 0 Å². The lowest BCUT2D eigenvalue weighted by Gasteiger charge is -2.28. The minimum absolute atomic E-state index is 0.189. The fourth-order valence-corrected chi connectivity index (χ4v) is 1.88. The molecule has 1 heterocycles. The van der Waals surface area contributed by atoms with Crippen LogP contribution in [-0.4, -0.2) is 17.2 Å². The number of benzene rings is 1. The zero-order chi connectivity index (χ0) is 12.1. The third kappa shape index (κ3) is 2.72. The van der Waals surface area contributed by atoms with Crippen LogP contribution in [0.2, 0.25) is 0 Å². The molecule has 0 bridgehead atoms. The van der Waals surface area contributed by atoms with Gasteiger partial charge in [-0.2, -0.15) is 0 Å². The van der Waals surface area contributed by atoms with E-state index in [9.17, 15) is 4.79 Å². The fraction of sp³-hybridized carbons (Fsp3) is 0.133. The normalized spacial score (nSPS) is 16.0. The minimum atomic E-state index is -0.189. The van der Waals surface area contributed by atoms with E-state index in [0.717, 1.165) is 17.5 Å². The van der Waals surface area contributed by atoms with Crippen LogP contribution in [0.1, 0.15) is 5.56 Å². The maximum absolute atomic E-state index is 11.2. The molecule has 86 valence electrons. The molecule has 0 N–H and O–H groups in total. The number of nitrogens with zero attached hydrogens (tertiary/aromatic N) is 1. The second-order valence-corrected chi connectivity index (χ2v) is 3.99. The average Bonchev–Trinajstić information content (AvgIpc) is 2.38. The summed E-state index contributed by atoms with van der Waals surface area (Å²) in [6.07, 6.45) is 9.30. The average molecular weight is 225 g/mol. The summed E-state index contributed by atoms with van der Waals surface area (Å²) in [5, 5.41) is 0. The van der Waals surface area contributed by atoms with Crippen molar-refractivity contribution in [3.63, 3.8) is 0 Å². The first-order valence-electron chi connectivity index (χ1n) is 5.62. The summed E-state index contributed by atoms with van der Waals surface area (Å²) >= 11 is 0. The van der Waals surface area contributed by atoms with Gasteiger partial charge in [-0.05, 0) is 24.1 Å². The Balaban J connectivity index is 2.12. The molecule has 0 saturated carbocycles. The number of carbonyl (C=O) groups excluding carboxylic acids is 1. The van der Waals surface area contributed by atoms with Gasteiger partial charge in [-0.25, -0.2) is 0 Å². The standard InChI is InChI=1S/C15H15NO/c1-13-7-5-6-10-16(13)15(12-17)11-14-8-3-2-4-9-14/h2-10,12,15H,1,11H2. The minimum Gasteiger partial charge on any atom is -0.338 e. The summed E-state index contributed by atoms with van der Waals surface area (Å²) in [6.45, 7) is 3.94. The Kier molecular flexibility index (Phi) is 3.55. The lowest BCUT2D eigenvalue weighted by atomic mass is 10.0. The smallest absolute Gasteiger partial charge is 0.143 e. The zero-order valence-corrected chi connectivity index (χ0v) is 9.62. The monoisotopic (exact) mass is 225 g/mol. The van der Waals surface area contributed by atoms with E-state index < -0.39 is 0 Å². The molecule has 0 radical (unpaired) electrons. The van der Waals surface area contributed by atoms with E-state index in [1.807, 2.05) is 59.7 Å². The second kappa shape index (κ2) is 5.30. The van der Waals surface area contributed by atoms with Crippen molar-refractivity contribution < 1.29 is 4.79 Å². The Bertz CT molecular complexity index is 459. The van der Waals surface area contributed by atoms with E-state index in [4.69, 9.17) is 0 Å². The molecule has 1 aromatic rings. The highest BCUT2D eigenvalue weighted by Crippen LogP contribution is 2.16. The number of hydrogen-bond donors (Lipinski definition) is 0. The van der Waals surface area contributed by atoms with Gasteiger partial charge in [-0.1, -0.05) is 43.0 Å². The van der Waals surface area contributed by atoms with Crippen LogP contribution >= 0.6 is 0 Å². The molecule has 2 heteroatoms. The molecule has 1 atom stereocenters. The molecule has 0 aromatic heterocycles. The van der Waals surface area contributed by atoms with Crippen LogP contribution in [0.4, 0.5) is 0 Å². The lowest BCUT2D eigenvalue weighted by molar-refractivity contribution is -0.111. The third-order valence-corrected chi connectivity index (χ3v) is 2.78. The summed E-state index contributed by atoms with van der Waals surface area (Å²) in [7, 11) is 0. The number of rotatable bonds is 4. The van der Waals surface area contributed by atoms with Crippen LogP contribution in [0.5, 0.6) is 0 Å². The Labute approximate surface area is 102 Å². The number of allylic oxidation sites excluding steroid dienone is 3. The molecule has 1 aromatic carbocycles. The van der Waals surface area contributed by atoms with Crippen molar-refractivity contribution in [2.24, 2.45) is 0 Å². The largest absolute Gasteiger partial charge is 0.338 e. The van der Waals surface area contributed by atoms with Crippen molar-refractivity contribution in [1.29, 1.82) is 0 Å². The molecule has 17 heavy (non-hydrogen) atoms. The van der Waals surface area contributed by atoms with Gasteiger partial charge >= 0.3 is 0 Å². The topological polar surface area (TPSA) is 20.3 Å². The van der Waals surface area contributed by atoms with Crippen LogP contribution in [-0.2, 0) is 11.2 Å². The molecule has 1 unspecified atom stereocenters. The number of hydrogen-bond acceptors (Lipinski definition) is 2. The van der Waals surface area contributed by atoms with Gasteiger partial charge < -0.3 is 9.69 Å². The first-order chi connectivity index (χ1) is 8.31. The Morgan fingerprint density at radius 1 is 1.24 bits per heavy atom. The quantitative estimate of drug-likeness (QED) is 0.734. The highest BCUT2D eigenvalue weighted by Gasteiger charge is 2.17. The van der Waals surface area contributed by atoms with Crippen LogP contribution in [0.15, 0.2) is 67.0 Å². The predicted molar refractivity (Wildman–Crippen MR) is 69.3 cm³/mol. The summed E-state index contributed by atoms with van der Waals surface area (Å²) in [6, 6.07) is 9.81. The molecule has 1 aliphatic rings.